The Kier molecular flexibility index (Phi) is 4.68. The molecule has 1 aromatic carbocycles. The monoisotopic (exact) mass is 279 g/mol. The molecule has 1 aromatic rings. The normalized spacial score (nSPS) is 15.1. The van der Waals surface area contributed by atoms with Crippen LogP contribution in [0.3, 0.4) is 0 Å². The van der Waals surface area contributed by atoms with Gasteiger partial charge >= 0.3 is 6.03 Å². The number of rotatable bonds is 6. The van der Waals surface area contributed by atoms with Crippen molar-refractivity contribution in [3.63, 3.8) is 0 Å². The van der Waals surface area contributed by atoms with Gasteiger partial charge in [-0.05, 0) is 24.2 Å². The smallest absolute Gasteiger partial charge is 0.324 e. The molecule has 1 aliphatic heterocycles. The molecule has 108 valence electrons. The predicted molar refractivity (Wildman–Crippen MR) is 72.5 cm³/mol. The lowest BCUT2D eigenvalue weighted by Gasteiger charge is -2.22. The molecule has 0 aromatic heterocycles. The van der Waals surface area contributed by atoms with Gasteiger partial charge in [0.25, 0.3) is 0 Å². The van der Waals surface area contributed by atoms with Crippen molar-refractivity contribution >= 4 is 11.9 Å². The van der Waals surface area contributed by atoms with Crippen LogP contribution in [0.1, 0.15) is 12.5 Å². The molecule has 3 amide bonds. The SMILES string of the molecule is CCN(CCN1C(=O)CNC1=O)Cc1cccc(F)c1. The third-order valence-electron chi connectivity index (χ3n) is 3.32. The summed E-state index contributed by atoms with van der Waals surface area (Å²) >= 11 is 0. The first-order valence-electron chi connectivity index (χ1n) is 6.65. The third-order valence-corrected chi connectivity index (χ3v) is 3.32. The molecule has 5 nitrogen and oxygen atoms in total. The number of carbonyl (C=O) groups is 2. The summed E-state index contributed by atoms with van der Waals surface area (Å²) in [5.74, 6) is -0.454. The van der Waals surface area contributed by atoms with E-state index in [1.807, 2.05) is 13.0 Å². The van der Waals surface area contributed by atoms with Gasteiger partial charge in [0.1, 0.15) is 5.82 Å². The van der Waals surface area contributed by atoms with Crippen molar-refractivity contribution in [2.45, 2.75) is 13.5 Å². The number of hydrogen-bond donors (Lipinski definition) is 1. The summed E-state index contributed by atoms with van der Waals surface area (Å²) in [6.07, 6.45) is 0. The molecule has 6 heteroatoms. The van der Waals surface area contributed by atoms with E-state index in [1.165, 1.54) is 17.0 Å². The Bertz CT molecular complexity index is 491. The molecule has 1 fully saturated rings. The van der Waals surface area contributed by atoms with Crippen LogP contribution in [0, 0.1) is 5.82 Å². The highest BCUT2D eigenvalue weighted by Gasteiger charge is 2.28. The van der Waals surface area contributed by atoms with Crippen LogP contribution >= 0.6 is 0 Å². The maximum Gasteiger partial charge on any atom is 0.324 e. The number of hydrogen-bond acceptors (Lipinski definition) is 3. The fraction of sp³-hybridized carbons (Fsp3) is 0.429. The first-order chi connectivity index (χ1) is 9.60. The first kappa shape index (κ1) is 14.5. The maximum absolute atomic E-state index is 13.1. The van der Waals surface area contributed by atoms with Gasteiger partial charge in [-0.2, -0.15) is 0 Å². The minimum atomic E-state index is -0.336. The molecule has 0 unspecified atom stereocenters. The predicted octanol–water partition coefficient (Wildman–Crippen LogP) is 1.20. The number of carbonyl (C=O) groups excluding carboxylic acids is 2. The van der Waals surface area contributed by atoms with Crippen molar-refractivity contribution in [2.24, 2.45) is 0 Å². The average molecular weight is 279 g/mol. The van der Waals surface area contributed by atoms with Crippen molar-refractivity contribution in [2.75, 3.05) is 26.2 Å². The van der Waals surface area contributed by atoms with E-state index in [9.17, 15) is 14.0 Å². The molecular formula is C14H18FN3O2. The lowest BCUT2D eigenvalue weighted by atomic mass is 10.2. The second-order valence-electron chi connectivity index (χ2n) is 4.70. The third kappa shape index (κ3) is 3.54. The second-order valence-corrected chi connectivity index (χ2v) is 4.70. The van der Waals surface area contributed by atoms with Crippen LogP contribution < -0.4 is 5.32 Å². The van der Waals surface area contributed by atoms with E-state index >= 15 is 0 Å². The Balaban J connectivity index is 1.89. The van der Waals surface area contributed by atoms with Crippen LogP contribution in [-0.2, 0) is 11.3 Å². The van der Waals surface area contributed by atoms with Gasteiger partial charge in [0, 0.05) is 19.6 Å². The highest BCUT2D eigenvalue weighted by molar-refractivity contribution is 6.01. The highest BCUT2D eigenvalue weighted by atomic mass is 19.1. The molecule has 0 bridgehead atoms. The highest BCUT2D eigenvalue weighted by Crippen LogP contribution is 2.08. The van der Waals surface area contributed by atoms with Gasteiger partial charge in [0.15, 0.2) is 0 Å². The number of nitrogens with zero attached hydrogens (tertiary/aromatic N) is 2. The van der Waals surface area contributed by atoms with Crippen LogP contribution in [0.5, 0.6) is 0 Å². The Morgan fingerprint density at radius 3 is 2.80 bits per heavy atom. The van der Waals surface area contributed by atoms with Gasteiger partial charge in [-0.1, -0.05) is 19.1 Å². The lowest BCUT2D eigenvalue weighted by molar-refractivity contribution is -0.125. The topological polar surface area (TPSA) is 52.6 Å². The van der Waals surface area contributed by atoms with Gasteiger partial charge in [-0.25, -0.2) is 9.18 Å². The van der Waals surface area contributed by atoms with Crippen LogP contribution in [-0.4, -0.2) is 47.9 Å². The molecule has 20 heavy (non-hydrogen) atoms. The molecule has 0 saturated carbocycles. The van der Waals surface area contributed by atoms with Gasteiger partial charge in [-0.15, -0.1) is 0 Å². The van der Waals surface area contributed by atoms with Crippen molar-refractivity contribution < 1.29 is 14.0 Å². The Morgan fingerprint density at radius 2 is 2.20 bits per heavy atom. The largest absolute Gasteiger partial charge is 0.329 e. The van der Waals surface area contributed by atoms with Crippen molar-refractivity contribution in [3.05, 3.63) is 35.6 Å². The van der Waals surface area contributed by atoms with E-state index in [0.717, 1.165) is 12.1 Å². The van der Waals surface area contributed by atoms with Gasteiger partial charge in [0.05, 0.1) is 6.54 Å². The van der Waals surface area contributed by atoms with E-state index < -0.39 is 0 Å². The summed E-state index contributed by atoms with van der Waals surface area (Å²) in [5, 5.41) is 2.49. The van der Waals surface area contributed by atoms with Gasteiger partial charge in [0.2, 0.25) is 5.91 Å². The van der Waals surface area contributed by atoms with Crippen LogP contribution in [0.2, 0.25) is 0 Å². The van der Waals surface area contributed by atoms with Crippen molar-refractivity contribution in [1.82, 2.24) is 15.1 Å². The summed E-state index contributed by atoms with van der Waals surface area (Å²) in [6.45, 7) is 4.36. The van der Waals surface area contributed by atoms with Crippen LogP contribution in [0.25, 0.3) is 0 Å². The van der Waals surface area contributed by atoms with E-state index in [1.54, 1.807) is 6.07 Å². The van der Waals surface area contributed by atoms with Gasteiger partial charge in [-0.3, -0.25) is 14.6 Å². The number of benzene rings is 1. The molecular weight excluding hydrogens is 261 g/mol. The summed E-state index contributed by atoms with van der Waals surface area (Å²) in [5.41, 5.74) is 0.879. The number of halogens is 1. The maximum atomic E-state index is 13.1. The Morgan fingerprint density at radius 1 is 1.40 bits per heavy atom. The van der Waals surface area contributed by atoms with E-state index in [0.29, 0.717) is 19.6 Å². The molecule has 1 heterocycles. The summed E-state index contributed by atoms with van der Waals surface area (Å²) in [7, 11) is 0. The molecule has 2 rings (SSSR count). The molecule has 0 atom stereocenters. The Labute approximate surface area is 117 Å². The standard InChI is InChI=1S/C14H18FN3O2/c1-2-17(10-11-4-3-5-12(15)8-11)6-7-18-13(19)9-16-14(18)20/h3-5,8H,2,6-7,9-10H2,1H3,(H,16,20). The number of nitrogens with one attached hydrogen (secondary N) is 1. The molecule has 0 aliphatic carbocycles. The minimum absolute atomic E-state index is 0.0782. The zero-order valence-corrected chi connectivity index (χ0v) is 11.4. The van der Waals surface area contributed by atoms with E-state index in [2.05, 4.69) is 10.2 Å². The molecule has 1 aliphatic rings. The van der Waals surface area contributed by atoms with Crippen molar-refractivity contribution in [3.8, 4) is 0 Å². The van der Waals surface area contributed by atoms with Crippen LogP contribution in [0.15, 0.2) is 24.3 Å². The number of urea groups is 1. The summed E-state index contributed by atoms with van der Waals surface area (Å²) < 4.78 is 13.1. The molecule has 0 spiro atoms. The summed E-state index contributed by atoms with van der Waals surface area (Å²) in [4.78, 5) is 26.2. The molecule has 0 radical (unpaired) electrons. The zero-order valence-electron chi connectivity index (χ0n) is 11.4. The van der Waals surface area contributed by atoms with E-state index in [4.69, 9.17) is 0 Å². The van der Waals surface area contributed by atoms with E-state index in [-0.39, 0.29) is 24.3 Å². The fourth-order valence-corrected chi connectivity index (χ4v) is 2.17. The Hall–Kier alpha value is -1.95. The number of imide groups is 1. The molecule has 1 N–H and O–H groups in total. The van der Waals surface area contributed by atoms with Gasteiger partial charge < -0.3 is 5.32 Å². The van der Waals surface area contributed by atoms with Crippen molar-refractivity contribution in [1.29, 1.82) is 0 Å². The number of likely N-dealkylation sites (N-methyl/N-ethyl adjacent to an activating group) is 1. The first-order valence-corrected chi connectivity index (χ1v) is 6.65. The fourth-order valence-electron chi connectivity index (χ4n) is 2.17. The minimum Gasteiger partial charge on any atom is -0.329 e. The summed E-state index contributed by atoms with van der Waals surface area (Å²) in [6, 6.07) is 6.11. The lowest BCUT2D eigenvalue weighted by Crippen LogP contribution is -2.38. The zero-order chi connectivity index (χ0) is 14.5. The molecule has 1 saturated heterocycles. The average Bonchev–Trinajstić information content (AvgIpc) is 2.74. The second kappa shape index (κ2) is 6.47. The number of amides is 3. The van der Waals surface area contributed by atoms with Crippen LogP contribution in [0.4, 0.5) is 9.18 Å². The quantitative estimate of drug-likeness (QED) is 0.796.